The Balaban J connectivity index is 0.860. The minimum absolute atomic E-state index is 0.216. The number of nitrogens with zero attached hydrogens (tertiary/aromatic N) is 7. The van der Waals surface area contributed by atoms with Gasteiger partial charge < -0.3 is 20.0 Å². The zero-order valence-electron chi connectivity index (χ0n) is 29.2. The van der Waals surface area contributed by atoms with Crippen molar-refractivity contribution in [1.29, 1.82) is 5.26 Å². The number of piperidine rings is 1. The molecule has 2 aromatic heterocycles. The van der Waals surface area contributed by atoms with E-state index in [2.05, 4.69) is 54.0 Å². The fourth-order valence-corrected chi connectivity index (χ4v) is 10.4. The minimum Gasteiger partial charge on any atom is -0.367 e. The number of anilines is 1. The lowest BCUT2D eigenvalue weighted by Gasteiger charge is -2.44. The van der Waals surface area contributed by atoms with Crippen LogP contribution in [0.1, 0.15) is 69.6 Å². The summed E-state index contributed by atoms with van der Waals surface area (Å²) in [5.74, 6) is 3.02. The number of aromatic nitrogens is 2. The first-order valence-electron chi connectivity index (χ1n) is 18.8. The molecule has 5 heterocycles. The minimum atomic E-state index is -4.25. The van der Waals surface area contributed by atoms with Crippen molar-refractivity contribution < 1.29 is 18.0 Å². The molecule has 13 heteroatoms. The average Bonchev–Trinajstić information content (AvgIpc) is 3.84. The highest BCUT2D eigenvalue weighted by Crippen LogP contribution is 2.44. The van der Waals surface area contributed by atoms with Crippen molar-refractivity contribution in [1.82, 2.24) is 29.6 Å². The lowest BCUT2D eigenvalue weighted by molar-refractivity contribution is -0.134. The Kier molecular flexibility index (Phi) is 10.9. The standard InChI is InChI=1S/C37H51F3N8OS/c1-25-27(23-46-10-8-28(9-11-46)44-35-32-20-30(21-37(38,39)40)50-36(32)43-24-42-35)6-7-33-31(25)19-29(22-41)48(33)17-14-45-12-15-47(16-13-45)34(49)18-26-4-2-3-5-26/h19-20,24-28,31,33H,2-18,21,23H2,1H3,(H,42,43,44). The molecule has 7 rings (SSSR count). The van der Waals surface area contributed by atoms with E-state index in [-0.39, 0.29) is 10.9 Å². The van der Waals surface area contributed by atoms with Crippen LogP contribution in [0.2, 0.25) is 0 Å². The Morgan fingerprint density at radius 1 is 1.00 bits per heavy atom. The Morgan fingerprint density at radius 3 is 2.48 bits per heavy atom. The maximum Gasteiger partial charge on any atom is 0.393 e. The summed E-state index contributed by atoms with van der Waals surface area (Å²) in [5, 5.41) is 14.3. The number of allylic oxidation sites excluding steroid dienone is 1. The molecule has 50 heavy (non-hydrogen) atoms. The molecular weight excluding hydrogens is 662 g/mol. The van der Waals surface area contributed by atoms with Gasteiger partial charge in [0.15, 0.2) is 0 Å². The zero-order valence-corrected chi connectivity index (χ0v) is 30.0. The van der Waals surface area contributed by atoms with Crippen LogP contribution in [-0.2, 0) is 11.2 Å². The van der Waals surface area contributed by atoms with Crippen molar-refractivity contribution in [2.75, 3.05) is 64.2 Å². The summed E-state index contributed by atoms with van der Waals surface area (Å²) in [5.41, 5.74) is 0.833. The van der Waals surface area contributed by atoms with E-state index in [1.165, 1.54) is 32.0 Å². The summed E-state index contributed by atoms with van der Waals surface area (Å²) in [6.45, 7) is 10.6. The number of carbonyl (C=O) groups is 1. The number of rotatable bonds is 10. The van der Waals surface area contributed by atoms with E-state index < -0.39 is 12.6 Å². The Hall–Kier alpha value is -2.95. The normalized spacial score (nSPS) is 27.5. The maximum absolute atomic E-state index is 13.0. The van der Waals surface area contributed by atoms with Gasteiger partial charge in [0.05, 0.1) is 11.8 Å². The first-order chi connectivity index (χ1) is 24.1. The zero-order chi connectivity index (χ0) is 34.8. The summed E-state index contributed by atoms with van der Waals surface area (Å²) in [6, 6.07) is 4.71. The fourth-order valence-electron chi connectivity index (χ4n) is 9.38. The van der Waals surface area contributed by atoms with Gasteiger partial charge in [0.2, 0.25) is 5.91 Å². The smallest absolute Gasteiger partial charge is 0.367 e. The average molecular weight is 713 g/mol. The molecule has 0 radical (unpaired) electrons. The summed E-state index contributed by atoms with van der Waals surface area (Å²) in [4.78, 5) is 31.8. The van der Waals surface area contributed by atoms with Crippen molar-refractivity contribution >= 4 is 33.3 Å². The topological polar surface area (TPSA) is 91.6 Å². The maximum atomic E-state index is 13.0. The van der Waals surface area contributed by atoms with Crippen molar-refractivity contribution in [3.8, 4) is 6.07 Å². The number of nitriles is 1. The van der Waals surface area contributed by atoms with Crippen molar-refractivity contribution in [3.05, 3.63) is 29.0 Å². The predicted octanol–water partition coefficient (Wildman–Crippen LogP) is 6.15. The molecule has 1 amide bonds. The summed E-state index contributed by atoms with van der Waals surface area (Å²) < 4.78 is 38.9. The third-order valence-electron chi connectivity index (χ3n) is 12.3. The molecule has 2 saturated carbocycles. The van der Waals surface area contributed by atoms with E-state index in [0.717, 1.165) is 108 Å². The fraction of sp³-hybridized carbons (Fsp3) is 0.730. The molecule has 1 N–H and O–H groups in total. The van der Waals surface area contributed by atoms with Crippen LogP contribution in [0.4, 0.5) is 19.0 Å². The lowest BCUT2D eigenvalue weighted by Crippen LogP contribution is -2.51. The van der Waals surface area contributed by atoms with Gasteiger partial charge in [-0.25, -0.2) is 9.97 Å². The van der Waals surface area contributed by atoms with Gasteiger partial charge in [0.1, 0.15) is 28.7 Å². The highest BCUT2D eigenvalue weighted by Gasteiger charge is 2.44. The van der Waals surface area contributed by atoms with Gasteiger partial charge >= 0.3 is 6.18 Å². The van der Waals surface area contributed by atoms with E-state index in [0.29, 0.717) is 51.7 Å². The van der Waals surface area contributed by atoms with Crippen molar-refractivity contribution in [2.45, 2.75) is 89.4 Å². The summed E-state index contributed by atoms with van der Waals surface area (Å²) in [7, 11) is 0. The van der Waals surface area contributed by atoms with E-state index in [9.17, 15) is 23.2 Å². The van der Waals surface area contributed by atoms with Gasteiger partial charge in [-0.05, 0) is 68.4 Å². The van der Waals surface area contributed by atoms with Crippen LogP contribution in [0, 0.1) is 35.0 Å². The molecule has 4 fully saturated rings. The number of amides is 1. The molecule has 0 bridgehead atoms. The van der Waals surface area contributed by atoms with E-state index in [1.54, 1.807) is 6.07 Å². The number of thiophene rings is 1. The largest absolute Gasteiger partial charge is 0.393 e. The van der Waals surface area contributed by atoms with Gasteiger partial charge in [-0.15, -0.1) is 11.3 Å². The Labute approximate surface area is 297 Å². The molecule has 9 nitrogen and oxygen atoms in total. The number of halogens is 3. The highest BCUT2D eigenvalue weighted by molar-refractivity contribution is 7.18. The van der Waals surface area contributed by atoms with Gasteiger partial charge in [0, 0.05) is 88.2 Å². The molecule has 5 aliphatic rings. The molecule has 4 unspecified atom stereocenters. The van der Waals surface area contributed by atoms with Crippen LogP contribution in [0.3, 0.4) is 0 Å². The van der Waals surface area contributed by atoms with Gasteiger partial charge in [-0.1, -0.05) is 19.8 Å². The van der Waals surface area contributed by atoms with Crippen LogP contribution >= 0.6 is 11.3 Å². The number of hydrogen-bond donors (Lipinski definition) is 1. The van der Waals surface area contributed by atoms with Gasteiger partial charge in [0.25, 0.3) is 0 Å². The second-order valence-electron chi connectivity index (χ2n) is 15.4. The number of hydrogen-bond acceptors (Lipinski definition) is 9. The molecule has 2 aliphatic carbocycles. The highest BCUT2D eigenvalue weighted by atomic mass is 32.1. The third kappa shape index (κ3) is 8.23. The van der Waals surface area contributed by atoms with Gasteiger partial charge in [-0.2, -0.15) is 18.4 Å². The van der Waals surface area contributed by atoms with Crippen LogP contribution < -0.4 is 5.32 Å². The van der Waals surface area contributed by atoms with Crippen LogP contribution in [0.15, 0.2) is 24.2 Å². The van der Waals surface area contributed by atoms with Crippen LogP contribution in [0.25, 0.3) is 10.2 Å². The van der Waals surface area contributed by atoms with E-state index in [4.69, 9.17) is 0 Å². The quantitative estimate of drug-likeness (QED) is 0.314. The predicted molar refractivity (Wildman–Crippen MR) is 189 cm³/mol. The number of alkyl halides is 3. The summed E-state index contributed by atoms with van der Waals surface area (Å²) >= 11 is 1.08. The second-order valence-corrected chi connectivity index (χ2v) is 16.6. The molecule has 2 saturated heterocycles. The molecule has 272 valence electrons. The molecule has 0 aromatic carbocycles. The van der Waals surface area contributed by atoms with E-state index in [1.807, 2.05) is 0 Å². The van der Waals surface area contributed by atoms with Crippen molar-refractivity contribution in [3.63, 3.8) is 0 Å². The Morgan fingerprint density at radius 2 is 1.76 bits per heavy atom. The first-order valence-corrected chi connectivity index (χ1v) is 19.6. The molecule has 3 aliphatic heterocycles. The number of carbonyl (C=O) groups excluding carboxylic acids is 1. The number of nitrogens with one attached hydrogen (secondary N) is 1. The molecule has 2 aromatic rings. The molecule has 0 spiro atoms. The number of piperazine rings is 1. The van der Waals surface area contributed by atoms with Gasteiger partial charge in [-0.3, -0.25) is 9.69 Å². The third-order valence-corrected chi connectivity index (χ3v) is 13.3. The van der Waals surface area contributed by atoms with Crippen LogP contribution in [0.5, 0.6) is 0 Å². The molecule has 4 atom stereocenters. The number of likely N-dealkylation sites (tertiary alicyclic amines) is 1. The lowest BCUT2D eigenvalue weighted by atomic mass is 9.70. The van der Waals surface area contributed by atoms with Crippen LogP contribution in [-0.4, -0.2) is 113 Å². The second kappa shape index (κ2) is 15.3. The van der Waals surface area contributed by atoms with Crippen molar-refractivity contribution in [2.24, 2.45) is 23.7 Å². The summed E-state index contributed by atoms with van der Waals surface area (Å²) in [6.07, 6.45) is 8.36. The monoisotopic (exact) mass is 712 g/mol. The SMILES string of the molecule is CC1C(CN2CCC(Nc3ncnc4sc(CC(F)(F)F)cc34)CC2)CCC2C1C=C(C#N)N2CCN1CCN(C(=O)CC2CCCC2)CC1. The van der Waals surface area contributed by atoms with E-state index >= 15 is 0 Å². The Bertz CT molecular complexity index is 1550. The molecular formula is C37H51F3N8OS. The first kappa shape index (κ1) is 35.5. The number of fused-ring (bicyclic) bond motifs is 2.